The minimum atomic E-state index is -0.565. The number of hydrogen-bond acceptors (Lipinski definition) is 2. The third kappa shape index (κ3) is 1.42. The third-order valence-corrected chi connectivity index (χ3v) is 3.36. The molecule has 2 aliphatic heterocycles. The monoisotopic (exact) mass is 182 g/mol. The van der Waals surface area contributed by atoms with Gasteiger partial charge in [0.15, 0.2) is 0 Å². The van der Waals surface area contributed by atoms with Gasteiger partial charge in [-0.2, -0.15) is 0 Å². The van der Waals surface area contributed by atoms with Crippen LogP contribution in [0.3, 0.4) is 0 Å². The zero-order valence-electron chi connectivity index (χ0n) is 8.58. The van der Waals surface area contributed by atoms with Crippen molar-refractivity contribution in [2.75, 3.05) is 0 Å². The Kier molecular flexibility index (Phi) is 1.83. The summed E-state index contributed by atoms with van der Waals surface area (Å²) in [5, 5.41) is 10.5. The molecule has 0 radical (unpaired) electrons. The largest absolute Gasteiger partial charge is 0.389 e. The molecule has 0 saturated carbocycles. The number of rotatable bonds is 0. The molecule has 1 N–H and O–H groups in total. The Bertz CT molecular complexity index is 223. The van der Waals surface area contributed by atoms with Crippen LogP contribution < -0.4 is 0 Å². The van der Waals surface area contributed by atoms with Crippen molar-refractivity contribution in [3.05, 3.63) is 12.2 Å². The highest BCUT2D eigenvalue weighted by Gasteiger charge is 2.48. The third-order valence-electron chi connectivity index (χ3n) is 3.36. The summed E-state index contributed by atoms with van der Waals surface area (Å²) in [5.74, 6) is 0. The van der Waals surface area contributed by atoms with Crippen molar-refractivity contribution in [1.82, 2.24) is 0 Å². The van der Waals surface area contributed by atoms with E-state index in [1.54, 1.807) is 0 Å². The zero-order valence-corrected chi connectivity index (χ0v) is 8.58. The highest BCUT2D eigenvalue weighted by Crippen LogP contribution is 2.44. The average molecular weight is 182 g/mol. The average Bonchev–Trinajstić information content (AvgIpc) is 2.28. The summed E-state index contributed by atoms with van der Waals surface area (Å²) in [7, 11) is 0. The van der Waals surface area contributed by atoms with Crippen molar-refractivity contribution in [3.8, 4) is 0 Å². The maximum Gasteiger partial charge on any atom is 0.0792 e. The van der Waals surface area contributed by atoms with Gasteiger partial charge in [0.25, 0.3) is 0 Å². The maximum atomic E-state index is 10.5. The van der Waals surface area contributed by atoms with Gasteiger partial charge in [-0.05, 0) is 5.41 Å². The zero-order chi connectivity index (χ0) is 9.69. The van der Waals surface area contributed by atoms with Crippen molar-refractivity contribution in [3.63, 3.8) is 0 Å². The maximum absolute atomic E-state index is 10.5. The summed E-state index contributed by atoms with van der Waals surface area (Å²) in [4.78, 5) is 0. The van der Waals surface area contributed by atoms with Gasteiger partial charge in [0, 0.05) is 12.8 Å². The van der Waals surface area contributed by atoms with E-state index in [-0.39, 0.29) is 17.6 Å². The van der Waals surface area contributed by atoms with E-state index in [0.29, 0.717) is 0 Å². The van der Waals surface area contributed by atoms with Crippen LogP contribution in [0.1, 0.15) is 33.6 Å². The van der Waals surface area contributed by atoms with Crippen LogP contribution in [0.4, 0.5) is 0 Å². The van der Waals surface area contributed by atoms with Crippen molar-refractivity contribution in [1.29, 1.82) is 0 Å². The van der Waals surface area contributed by atoms with E-state index in [9.17, 15) is 5.11 Å². The molecule has 0 aromatic rings. The first-order valence-electron chi connectivity index (χ1n) is 4.97. The standard InChI is InChI=1S/C11H18O2/c1-10(2,3)11(12)6-8-4-5-9(7-11)13-8/h4-5,8-9,12H,6-7H2,1-3H3/t8-,9+,11+. The van der Waals surface area contributed by atoms with E-state index in [1.807, 2.05) is 0 Å². The molecule has 3 atom stereocenters. The van der Waals surface area contributed by atoms with Crippen LogP contribution >= 0.6 is 0 Å². The number of ether oxygens (including phenoxy) is 1. The summed E-state index contributed by atoms with van der Waals surface area (Å²) in [6, 6.07) is 0. The van der Waals surface area contributed by atoms with Crippen molar-refractivity contribution in [2.24, 2.45) is 5.41 Å². The van der Waals surface area contributed by atoms with Gasteiger partial charge in [-0.1, -0.05) is 32.9 Å². The van der Waals surface area contributed by atoms with Crippen LogP contribution in [-0.2, 0) is 4.74 Å². The molecule has 2 heteroatoms. The Hall–Kier alpha value is -0.340. The molecule has 0 amide bonds. The highest BCUT2D eigenvalue weighted by molar-refractivity contribution is 5.13. The quantitative estimate of drug-likeness (QED) is 0.580. The van der Waals surface area contributed by atoms with E-state index in [0.717, 1.165) is 12.8 Å². The second-order valence-corrected chi connectivity index (χ2v) is 5.29. The molecule has 2 heterocycles. The van der Waals surface area contributed by atoms with Crippen molar-refractivity contribution in [2.45, 2.75) is 51.4 Å². The Morgan fingerprint density at radius 3 is 2.08 bits per heavy atom. The topological polar surface area (TPSA) is 29.5 Å². The van der Waals surface area contributed by atoms with Gasteiger partial charge in [0.2, 0.25) is 0 Å². The van der Waals surface area contributed by atoms with Crippen LogP contribution in [0.15, 0.2) is 12.2 Å². The summed E-state index contributed by atoms with van der Waals surface area (Å²) in [5.41, 5.74) is -0.622. The summed E-state index contributed by atoms with van der Waals surface area (Å²) < 4.78 is 5.62. The number of hydrogen-bond donors (Lipinski definition) is 1. The fourth-order valence-corrected chi connectivity index (χ4v) is 2.16. The van der Waals surface area contributed by atoms with Crippen LogP contribution in [0, 0.1) is 5.41 Å². The second kappa shape index (κ2) is 2.58. The lowest BCUT2D eigenvalue weighted by atomic mass is 9.70. The van der Waals surface area contributed by atoms with Gasteiger partial charge in [0.05, 0.1) is 17.8 Å². The van der Waals surface area contributed by atoms with Crippen LogP contribution in [-0.4, -0.2) is 22.9 Å². The lowest BCUT2D eigenvalue weighted by molar-refractivity contribution is -0.153. The van der Waals surface area contributed by atoms with E-state index >= 15 is 0 Å². The highest BCUT2D eigenvalue weighted by atomic mass is 16.5. The van der Waals surface area contributed by atoms with Gasteiger partial charge < -0.3 is 9.84 Å². The number of aliphatic hydroxyl groups is 1. The fraction of sp³-hybridized carbons (Fsp3) is 0.818. The fourth-order valence-electron chi connectivity index (χ4n) is 2.16. The molecular formula is C11H18O2. The molecule has 74 valence electrons. The van der Waals surface area contributed by atoms with Crippen LogP contribution in [0.5, 0.6) is 0 Å². The Morgan fingerprint density at radius 2 is 1.69 bits per heavy atom. The summed E-state index contributed by atoms with van der Waals surface area (Å²) >= 11 is 0. The Labute approximate surface area is 79.6 Å². The minimum absolute atomic E-state index is 0.0562. The SMILES string of the molecule is CC(C)(C)[C@]1(O)C[C@H]2C=C[C@@H](C1)O2. The molecule has 1 saturated heterocycles. The predicted molar refractivity (Wildman–Crippen MR) is 51.4 cm³/mol. The lowest BCUT2D eigenvalue weighted by Crippen LogP contribution is -2.50. The van der Waals surface area contributed by atoms with Gasteiger partial charge >= 0.3 is 0 Å². The van der Waals surface area contributed by atoms with Gasteiger partial charge in [-0.15, -0.1) is 0 Å². The van der Waals surface area contributed by atoms with E-state index in [2.05, 4.69) is 32.9 Å². The van der Waals surface area contributed by atoms with Crippen LogP contribution in [0.25, 0.3) is 0 Å². The molecule has 2 nitrogen and oxygen atoms in total. The first-order valence-corrected chi connectivity index (χ1v) is 4.97. The second-order valence-electron chi connectivity index (χ2n) is 5.29. The summed E-state index contributed by atoms with van der Waals surface area (Å²) in [6.07, 6.45) is 5.92. The van der Waals surface area contributed by atoms with Gasteiger partial charge in [-0.25, -0.2) is 0 Å². The van der Waals surface area contributed by atoms with Crippen LogP contribution in [0.2, 0.25) is 0 Å². The molecule has 0 aliphatic carbocycles. The first-order chi connectivity index (χ1) is 5.91. The summed E-state index contributed by atoms with van der Waals surface area (Å²) in [6.45, 7) is 6.28. The van der Waals surface area contributed by atoms with Crippen molar-refractivity contribution >= 4 is 0 Å². The minimum Gasteiger partial charge on any atom is -0.389 e. The predicted octanol–water partition coefficient (Wildman–Crippen LogP) is 1.88. The molecule has 2 rings (SSSR count). The van der Waals surface area contributed by atoms with Gasteiger partial charge in [-0.3, -0.25) is 0 Å². The van der Waals surface area contributed by atoms with Gasteiger partial charge in [0.1, 0.15) is 0 Å². The molecule has 1 fully saturated rings. The molecule has 0 aromatic heterocycles. The molecule has 13 heavy (non-hydrogen) atoms. The smallest absolute Gasteiger partial charge is 0.0792 e. The van der Waals surface area contributed by atoms with Crippen molar-refractivity contribution < 1.29 is 9.84 Å². The van der Waals surface area contributed by atoms with E-state index < -0.39 is 5.60 Å². The molecule has 0 unspecified atom stereocenters. The Morgan fingerprint density at radius 1 is 1.23 bits per heavy atom. The molecular weight excluding hydrogens is 164 g/mol. The molecule has 2 bridgehead atoms. The number of fused-ring (bicyclic) bond motifs is 2. The molecule has 0 spiro atoms. The van der Waals surface area contributed by atoms with E-state index in [1.165, 1.54) is 0 Å². The molecule has 0 aromatic carbocycles. The Balaban J connectivity index is 2.19. The normalized spacial score (nSPS) is 44.0. The van der Waals surface area contributed by atoms with E-state index in [4.69, 9.17) is 4.74 Å². The lowest BCUT2D eigenvalue weighted by Gasteiger charge is -2.45. The first kappa shape index (κ1) is 9.22. The molecule has 2 aliphatic rings.